The quantitative estimate of drug-likeness (QED) is 0.831. The lowest BCUT2D eigenvalue weighted by Crippen LogP contribution is -2.24. The van der Waals surface area contributed by atoms with E-state index in [1.165, 1.54) is 41.6 Å². The van der Waals surface area contributed by atoms with E-state index >= 15 is 0 Å². The lowest BCUT2D eigenvalue weighted by atomic mass is 9.77. The van der Waals surface area contributed by atoms with Crippen molar-refractivity contribution in [2.75, 3.05) is 11.9 Å². The standard InChI is InChI=1S/C18H21N/c1-2-5-14-8-10-17(11-9-14)19-13-16-12-15-6-3-4-7-18(15)16/h3-4,6-11,16,19H,2,5,12-13H2,1H3. The molecule has 0 spiro atoms. The first-order valence-corrected chi connectivity index (χ1v) is 7.27. The van der Waals surface area contributed by atoms with E-state index < -0.39 is 0 Å². The number of hydrogen-bond acceptors (Lipinski definition) is 1. The Hall–Kier alpha value is -1.76. The molecule has 0 bridgehead atoms. The summed E-state index contributed by atoms with van der Waals surface area (Å²) in [5.41, 5.74) is 5.72. The van der Waals surface area contributed by atoms with E-state index in [2.05, 4.69) is 60.8 Å². The van der Waals surface area contributed by atoms with Gasteiger partial charge in [0, 0.05) is 18.2 Å². The van der Waals surface area contributed by atoms with Gasteiger partial charge in [-0.3, -0.25) is 0 Å². The van der Waals surface area contributed by atoms with E-state index in [9.17, 15) is 0 Å². The molecule has 1 N–H and O–H groups in total. The third-order valence-electron chi connectivity index (χ3n) is 4.01. The van der Waals surface area contributed by atoms with Crippen LogP contribution in [0.5, 0.6) is 0 Å². The molecule has 0 aliphatic heterocycles. The molecule has 0 fully saturated rings. The number of aryl methyl sites for hydroxylation is 1. The van der Waals surface area contributed by atoms with Crippen molar-refractivity contribution in [3.8, 4) is 0 Å². The van der Waals surface area contributed by atoms with E-state index in [1.807, 2.05) is 0 Å². The van der Waals surface area contributed by atoms with E-state index in [4.69, 9.17) is 0 Å². The second kappa shape index (κ2) is 5.48. The van der Waals surface area contributed by atoms with Crippen molar-refractivity contribution in [3.63, 3.8) is 0 Å². The van der Waals surface area contributed by atoms with Crippen LogP contribution in [0.1, 0.15) is 36.0 Å². The number of nitrogens with one attached hydrogen (secondary N) is 1. The van der Waals surface area contributed by atoms with Crippen molar-refractivity contribution in [1.82, 2.24) is 0 Å². The maximum atomic E-state index is 3.56. The normalized spacial score (nSPS) is 16.6. The molecule has 0 aromatic heterocycles. The summed E-state index contributed by atoms with van der Waals surface area (Å²) in [5, 5.41) is 3.56. The Balaban J connectivity index is 1.56. The summed E-state index contributed by atoms with van der Waals surface area (Å²) in [5.74, 6) is 0.687. The molecule has 2 aromatic rings. The van der Waals surface area contributed by atoms with Crippen molar-refractivity contribution in [2.45, 2.75) is 32.1 Å². The summed E-state index contributed by atoms with van der Waals surface area (Å²) >= 11 is 0. The molecule has 1 unspecified atom stereocenters. The first kappa shape index (κ1) is 12.3. The first-order valence-electron chi connectivity index (χ1n) is 7.27. The molecule has 1 nitrogen and oxygen atoms in total. The van der Waals surface area contributed by atoms with Crippen LogP contribution in [0.4, 0.5) is 5.69 Å². The summed E-state index contributed by atoms with van der Waals surface area (Å²) < 4.78 is 0. The SMILES string of the molecule is CCCc1ccc(NCC2Cc3ccccc32)cc1. The summed E-state index contributed by atoms with van der Waals surface area (Å²) in [7, 11) is 0. The van der Waals surface area contributed by atoms with Crippen LogP contribution in [-0.2, 0) is 12.8 Å². The Morgan fingerprint density at radius 3 is 2.58 bits per heavy atom. The Kier molecular flexibility index (Phi) is 3.54. The molecule has 1 aliphatic carbocycles. The zero-order valence-electron chi connectivity index (χ0n) is 11.5. The van der Waals surface area contributed by atoms with Crippen molar-refractivity contribution >= 4 is 5.69 Å². The third-order valence-corrected chi connectivity index (χ3v) is 4.01. The van der Waals surface area contributed by atoms with E-state index in [0.29, 0.717) is 5.92 Å². The van der Waals surface area contributed by atoms with E-state index in [1.54, 1.807) is 0 Å². The van der Waals surface area contributed by atoms with Crippen LogP contribution in [0.2, 0.25) is 0 Å². The fourth-order valence-corrected chi connectivity index (χ4v) is 2.86. The second-order valence-electron chi connectivity index (χ2n) is 5.43. The minimum Gasteiger partial charge on any atom is -0.384 e. The van der Waals surface area contributed by atoms with Gasteiger partial charge in [0.15, 0.2) is 0 Å². The molecule has 98 valence electrons. The van der Waals surface area contributed by atoms with Gasteiger partial charge in [-0.25, -0.2) is 0 Å². The molecule has 0 amide bonds. The van der Waals surface area contributed by atoms with E-state index in [-0.39, 0.29) is 0 Å². The monoisotopic (exact) mass is 251 g/mol. The molecular weight excluding hydrogens is 230 g/mol. The zero-order chi connectivity index (χ0) is 13.1. The van der Waals surface area contributed by atoms with Crippen LogP contribution >= 0.6 is 0 Å². The van der Waals surface area contributed by atoms with Gasteiger partial charge < -0.3 is 5.32 Å². The summed E-state index contributed by atoms with van der Waals surface area (Å²) in [6, 6.07) is 17.7. The van der Waals surface area contributed by atoms with Gasteiger partial charge in [0.1, 0.15) is 0 Å². The molecule has 1 heteroatoms. The number of hydrogen-bond donors (Lipinski definition) is 1. The number of anilines is 1. The van der Waals surface area contributed by atoms with Crippen LogP contribution in [0, 0.1) is 0 Å². The highest BCUT2D eigenvalue weighted by Crippen LogP contribution is 2.34. The number of rotatable bonds is 5. The van der Waals surface area contributed by atoms with Crippen LogP contribution in [0.3, 0.4) is 0 Å². The van der Waals surface area contributed by atoms with Crippen molar-refractivity contribution in [1.29, 1.82) is 0 Å². The van der Waals surface area contributed by atoms with Crippen LogP contribution in [0.25, 0.3) is 0 Å². The van der Waals surface area contributed by atoms with Gasteiger partial charge in [-0.1, -0.05) is 49.7 Å². The van der Waals surface area contributed by atoms with E-state index in [0.717, 1.165) is 6.54 Å². The lowest BCUT2D eigenvalue weighted by molar-refractivity contribution is 0.636. The molecule has 0 saturated carbocycles. The minimum atomic E-state index is 0.687. The van der Waals surface area contributed by atoms with Gasteiger partial charge >= 0.3 is 0 Å². The van der Waals surface area contributed by atoms with Gasteiger partial charge in [0.05, 0.1) is 0 Å². The van der Waals surface area contributed by atoms with Gasteiger partial charge in [0.25, 0.3) is 0 Å². The van der Waals surface area contributed by atoms with Crippen LogP contribution in [0.15, 0.2) is 48.5 Å². The number of fused-ring (bicyclic) bond motifs is 1. The summed E-state index contributed by atoms with van der Waals surface area (Å²) in [6.07, 6.45) is 3.61. The fourth-order valence-electron chi connectivity index (χ4n) is 2.86. The molecule has 1 atom stereocenters. The first-order chi connectivity index (χ1) is 9.36. The number of benzene rings is 2. The van der Waals surface area contributed by atoms with Crippen molar-refractivity contribution in [3.05, 3.63) is 65.2 Å². The molecule has 19 heavy (non-hydrogen) atoms. The summed E-state index contributed by atoms with van der Waals surface area (Å²) in [4.78, 5) is 0. The predicted molar refractivity (Wildman–Crippen MR) is 81.8 cm³/mol. The fraction of sp³-hybridized carbons (Fsp3) is 0.333. The Morgan fingerprint density at radius 2 is 1.84 bits per heavy atom. The second-order valence-corrected chi connectivity index (χ2v) is 5.43. The predicted octanol–water partition coefficient (Wildman–Crippen LogP) is 4.39. The Bertz CT molecular complexity index is 542. The highest BCUT2D eigenvalue weighted by atomic mass is 14.9. The van der Waals surface area contributed by atoms with Gasteiger partial charge in [-0.2, -0.15) is 0 Å². The van der Waals surface area contributed by atoms with Crippen molar-refractivity contribution in [2.24, 2.45) is 0 Å². The zero-order valence-corrected chi connectivity index (χ0v) is 11.5. The average molecular weight is 251 g/mol. The minimum absolute atomic E-state index is 0.687. The highest BCUT2D eigenvalue weighted by molar-refractivity contribution is 5.47. The summed E-state index contributed by atoms with van der Waals surface area (Å²) in [6.45, 7) is 3.27. The molecule has 0 saturated heterocycles. The van der Waals surface area contributed by atoms with Crippen molar-refractivity contribution < 1.29 is 0 Å². The molecule has 0 radical (unpaired) electrons. The smallest absolute Gasteiger partial charge is 0.0340 e. The maximum Gasteiger partial charge on any atom is 0.0340 e. The van der Waals surface area contributed by atoms with Crippen LogP contribution in [-0.4, -0.2) is 6.54 Å². The topological polar surface area (TPSA) is 12.0 Å². The Morgan fingerprint density at radius 1 is 1.05 bits per heavy atom. The molecule has 0 heterocycles. The highest BCUT2D eigenvalue weighted by Gasteiger charge is 2.24. The van der Waals surface area contributed by atoms with Gasteiger partial charge in [-0.15, -0.1) is 0 Å². The average Bonchev–Trinajstić information content (AvgIpc) is 2.42. The van der Waals surface area contributed by atoms with Gasteiger partial charge in [0.2, 0.25) is 0 Å². The molecule has 2 aromatic carbocycles. The van der Waals surface area contributed by atoms with Gasteiger partial charge in [-0.05, 0) is 41.7 Å². The largest absolute Gasteiger partial charge is 0.384 e. The molecule has 3 rings (SSSR count). The molecule has 1 aliphatic rings. The maximum absolute atomic E-state index is 3.56. The van der Waals surface area contributed by atoms with Crippen LogP contribution < -0.4 is 5.32 Å². The Labute approximate surface area is 115 Å². The third kappa shape index (κ3) is 2.65. The molecular formula is C18H21N. The lowest BCUT2D eigenvalue weighted by Gasteiger charge is -2.30.